The monoisotopic (exact) mass is 578 g/mol. The lowest BCUT2D eigenvalue weighted by Crippen LogP contribution is -2.54. The molecule has 4 rings (SSSR count). The summed E-state index contributed by atoms with van der Waals surface area (Å²) in [5.41, 5.74) is 4.03. The molecule has 4 amide bonds. The van der Waals surface area contributed by atoms with E-state index in [1.165, 1.54) is 6.08 Å². The van der Waals surface area contributed by atoms with Crippen molar-refractivity contribution in [3.05, 3.63) is 105 Å². The lowest BCUT2D eigenvalue weighted by atomic mass is 10.0. The number of barbiturate groups is 1. The first kappa shape index (κ1) is 28.9. The third kappa shape index (κ3) is 6.38. The van der Waals surface area contributed by atoms with E-state index in [9.17, 15) is 14.4 Å². The maximum Gasteiger partial charge on any atom is 0.335 e. The molecule has 0 radical (unpaired) electrons. The highest BCUT2D eigenvalue weighted by molar-refractivity contribution is 6.42. The minimum Gasteiger partial charge on any atom is -0.490 e. The number of anilines is 1. The van der Waals surface area contributed by atoms with Gasteiger partial charge in [-0.05, 0) is 91.9 Å². The Bertz CT molecular complexity index is 1530. The number of aryl methyl sites for hydroxylation is 2. The maximum absolute atomic E-state index is 13.5. The quantitative estimate of drug-likeness (QED) is 0.168. The average molecular weight is 579 g/mol. The van der Waals surface area contributed by atoms with Crippen LogP contribution in [0.1, 0.15) is 34.7 Å². The Kier molecular flexibility index (Phi) is 8.97. The van der Waals surface area contributed by atoms with E-state index in [0.717, 1.165) is 27.2 Å². The lowest BCUT2D eigenvalue weighted by Gasteiger charge is -2.27. The molecule has 206 valence electrons. The van der Waals surface area contributed by atoms with Crippen LogP contribution >= 0.6 is 23.2 Å². The van der Waals surface area contributed by atoms with Crippen molar-refractivity contribution in [1.82, 2.24) is 5.32 Å². The molecule has 1 saturated heterocycles. The maximum atomic E-state index is 13.5. The van der Waals surface area contributed by atoms with Crippen LogP contribution in [-0.4, -0.2) is 24.5 Å². The smallest absolute Gasteiger partial charge is 0.335 e. The highest BCUT2D eigenvalue weighted by Crippen LogP contribution is 2.36. The Labute approximate surface area is 243 Å². The summed E-state index contributed by atoms with van der Waals surface area (Å²) in [4.78, 5) is 39.9. The van der Waals surface area contributed by atoms with Gasteiger partial charge in [-0.1, -0.05) is 41.4 Å². The van der Waals surface area contributed by atoms with Crippen molar-refractivity contribution in [1.29, 1.82) is 0 Å². The molecule has 0 aromatic heterocycles. The molecule has 0 aliphatic carbocycles. The number of urea groups is 1. The molecular formula is C31H28Cl2N2O5. The lowest BCUT2D eigenvalue weighted by molar-refractivity contribution is -0.122. The number of hydrogen-bond acceptors (Lipinski definition) is 5. The van der Waals surface area contributed by atoms with E-state index >= 15 is 0 Å². The zero-order valence-corrected chi connectivity index (χ0v) is 23.9. The van der Waals surface area contributed by atoms with Gasteiger partial charge in [0.25, 0.3) is 11.8 Å². The summed E-state index contributed by atoms with van der Waals surface area (Å²) in [6.45, 7) is 9.97. The van der Waals surface area contributed by atoms with Crippen molar-refractivity contribution in [3.63, 3.8) is 0 Å². The standard InChI is InChI=1S/C31H28Cl2N2O5/c1-5-7-22-13-21(16-27(39-6-2)28(22)40-17-20-8-9-25(32)26(33)15-20)14-24-29(36)34-31(38)35(30(24)37)23-11-18(3)10-19(4)12-23/h5,8-16H,1,6-7,17H2,2-4H3,(H,34,36,38)/b24-14+. The second-order valence-electron chi connectivity index (χ2n) is 9.27. The number of halogens is 2. The predicted molar refractivity (Wildman–Crippen MR) is 157 cm³/mol. The van der Waals surface area contributed by atoms with Crippen molar-refractivity contribution in [2.45, 2.75) is 33.8 Å². The summed E-state index contributed by atoms with van der Waals surface area (Å²) in [6, 6.07) is 13.3. The van der Waals surface area contributed by atoms with Crippen LogP contribution in [0.5, 0.6) is 11.5 Å². The number of allylic oxidation sites excluding steroid dienone is 1. The molecule has 1 aliphatic rings. The highest BCUT2D eigenvalue weighted by Gasteiger charge is 2.37. The van der Waals surface area contributed by atoms with E-state index in [2.05, 4.69) is 11.9 Å². The molecule has 9 heteroatoms. The summed E-state index contributed by atoms with van der Waals surface area (Å²) in [5, 5.41) is 3.14. The van der Waals surface area contributed by atoms with Crippen molar-refractivity contribution < 1.29 is 23.9 Å². The Morgan fingerprint density at radius 2 is 1.68 bits per heavy atom. The largest absolute Gasteiger partial charge is 0.490 e. The zero-order valence-electron chi connectivity index (χ0n) is 22.3. The number of imide groups is 2. The summed E-state index contributed by atoms with van der Waals surface area (Å²) in [6.07, 6.45) is 3.59. The fourth-order valence-corrected chi connectivity index (χ4v) is 4.74. The van der Waals surface area contributed by atoms with Gasteiger partial charge in [0, 0.05) is 5.56 Å². The van der Waals surface area contributed by atoms with Crippen LogP contribution in [0.2, 0.25) is 10.0 Å². The molecule has 0 spiro atoms. The fraction of sp³-hybridized carbons (Fsp3) is 0.194. The van der Waals surface area contributed by atoms with Crippen LogP contribution in [-0.2, 0) is 22.6 Å². The SMILES string of the molecule is C=CCc1cc(/C=C2\C(=O)NC(=O)N(c3cc(C)cc(C)c3)C2=O)cc(OCC)c1OCc1ccc(Cl)c(Cl)c1. The highest BCUT2D eigenvalue weighted by atomic mass is 35.5. The first-order valence-corrected chi connectivity index (χ1v) is 13.3. The number of carbonyl (C=O) groups excluding carboxylic acids is 3. The van der Waals surface area contributed by atoms with Gasteiger partial charge in [-0.3, -0.25) is 14.9 Å². The number of nitrogens with zero attached hydrogens (tertiary/aromatic N) is 1. The van der Waals surface area contributed by atoms with E-state index in [0.29, 0.717) is 45.8 Å². The number of ether oxygens (including phenoxy) is 2. The molecule has 7 nitrogen and oxygen atoms in total. The third-order valence-electron chi connectivity index (χ3n) is 6.06. The molecule has 0 bridgehead atoms. The molecule has 1 aliphatic heterocycles. The normalized spacial score (nSPS) is 14.4. The van der Waals surface area contributed by atoms with Crippen molar-refractivity contribution in [2.75, 3.05) is 11.5 Å². The third-order valence-corrected chi connectivity index (χ3v) is 6.80. The van der Waals surface area contributed by atoms with Gasteiger partial charge >= 0.3 is 6.03 Å². The van der Waals surface area contributed by atoms with Crippen LogP contribution in [0.15, 0.2) is 66.8 Å². The summed E-state index contributed by atoms with van der Waals surface area (Å²) < 4.78 is 12.0. The van der Waals surface area contributed by atoms with Gasteiger partial charge in [0.1, 0.15) is 12.2 Å². The Balaban J connectivity index is 1.73. The zero-order chi connectivity index (χ0) is 29.0. The van der Waals surface area contributed by atoms with E-state index in [4.69, 9.17) is 32.7 Å². The van der Waals surface area contributed by atoms with Gasteiger partial charge in [0.2, 0.25) is 0 Å². The molecule has 3 aromatic rings. The summed E-state index contributed by atoms with van der Waals surface area (Å²) in [7, 11) is 0. The van der Waals surface area contributed by atoms with E-state index in [1.807, 2.05) is 32.9 Å². The predicted octanol–water partition coefficient (Wildman–Crippen LogP) is 6.98. The summed E-state index contributed by atoms with van der Waals surface area (Å²) >= 11 is 12.2. The molecule has 3 aromatic carbocycles. The van der Waals surface area contributed by atoms with Gasteiger partial charge in [-0.2, -0.15) is 0 Å². The van der Waals surface area contributed by atoms with E-state index in [1.54, 1.807) is 42.5 Å². The number of amides is 4. The van der Waals surface area contributed by atoms with Crippen LogP contribution in [0.25, 0.3) is 6.08 Å². The molecular weight excluding hydrogens is 551 g/mol. The number of rotatable bonds is 9. The van der Waals surface area contributed by atoms with Crippen LogP contribution < -0.4 is 19.7 Å². The first-order valence-electron chi connectivity index (χ1n) is 12.6. The van der Waals surface area contributed by atoms with E-state index < -0.39 is 17.8 Å². The van der Waals surface area contributed by atoms with Gasteiger partial charge in [-0.15, -0.1) is 6.58 Å². The van der Waals surface area contributed by atoms with E-state index in [-0.39, 0.29) is 12.2 Å². The second-order valence-corrected chi connectivity index (χ2v) is 10.1. The Hall–Kier alpha value is -4.07. The van der Waals surface area contributed by atoms with Gasteiger partial charge < -0.3 is 9.47 Å². The van der Waals surface area contributed by atoms with Gasteiger partial charge in [-0.25, -0.2) is 9.69 Å². The number of benzene rings is 3. The molecule has 1 fully saturated rings. The van der Waals surface area contributed by atoms with Crippen molar-refractivity contribution in [2.24, 2.45) is 0 Å². The van der Waals surface area contributed by atoms with Crippen LogP contribution in [0.3, 0.4) is 0 Å². The molecule has 40 heavy (non-hydrogen) atoms. The average Bonchev–Trinajstić information content (AvgIpc) is 2.88. The molecule has 0 unspecified atom stereocenters. The molecule has 0 saturated carbocycles. The second kappa shape index (κ2) is 12.4. The Morgan fingerprint density at radius 1 is 0.950 bits per heavy atom. The first-order chi connectivity index (χ1) is 19.1. The topological polar surface area (TPSA) is 84.9 Å². The van der Waals surface area contributed by atoms with Crippen LogP contribution in [0.4, 0.5) is 10.5 Å². The molecule has 0 atom stereocenters. The summed E-state index contributed by atoms with van der Waals surface area (Å²) in [5.74, 6) is -0.568. The number of carbonyl (C=O) groups is 3. The van der Waals surface area contributed by atoms with Gasteiger partial charge in [0.05, 0.1) is 22.3 Å². The minimum absolute atomic E-state index is 0.185. The van der Waals surface area contributed by atoms with Crippen molar-refractivity contribution in [3.8, 4) is 11.5 Å². The minimum atomic E-state index is -0.800. The fourth-order valence-electron chi connectivity index (χ4n) is 4.42. The van der Waals surface area contributed by atoms with Gasteiger partial charge in [0.15, 0.2) is 11.5 Å². The molecule has 1 heterocycles. The van der Waals surface area contributed by atoms with Crippen LogP contribution in [0, 0.1) is 13.8 Å². The number of hydrogen-bond donors (Lipinski definition) is 1. The Morgan fingerprint density at radius 3 is 2.33 bits per heavy atom. The number of nitrogens with one attached hydrogen (secondary N) is 1. The van der Waals surface area contributed by atoms with Crippen molar-refractivity contribution >= 4 is 52.8 Å². The molecule has 1 N–H and O–H groups in total.